The smallest absolute Gasteiger partial charge is 0.219 e. The molecule has 0 saturated carbocycles. The number of rotatable bonds is 6. The summed E-state index contributed by atoms with van der Waals surface area (Å²) in [6, 6.07) is 7.45. The molecule has 1 aromatic heterocycles. The van der Waals surface area contributed by atoms with Crippen LogP contribution in [0.15, 0.2) is 30.5 Å². The second-order valence-electron chi connectivity index (χ2n) is 4.32. The molecule has 2 rings (SSSR count). The molecule has 0 bridgehead atoms. The van der Waals surface area contributed by atoms with Gasteiger partial charge in [-0.2, -0.15) is 0 Å². The molecule has 0 atom stereocenters. The number of ketones is 1. The van der Waals surface area contributed by atoms with Crippen molar-refractivity contribution in [1.82, 2.24) is 4.98 Å². The molecule has 0 saturated heterocycles. The van der Waals surface area contributed by atoms with Gasteiger partial charge >= 0.3 is 0 Å². The monoisotopic (exact) mass is 289 g/mol. The van der Waals surface area contributed by atoms with Gasteiger partial charge in [-0.25, -0.2) is 4.98 Å². The number of nitrogens with two attached hydrogens (primary N) is 1. The Labute approximate surface area is 120 Å². The van der Waals surface area contributed by atoms with Crippen molar-refractivity contribution in [1.29, 1.82) is 0 Å². The number of hydrogen-bond acceptors (Lipinski definition) is 5. The van der Waals surface area contributed by atoms with Crippen molar-refractivity contribution in [2.45, 2.75) is 13.3 Å². The number of primary amides is 1. The maximum absolute atomic E-state index is 12.3. The predicted octanol–water partition coefficient (Wildman–Crippen LogP) is 1.97. The summed E-state index contributed by atoms with van der Waals surface area (Å²) in [7, 11) is 0. The Balaban J connectivity index is 2.07. The summed E-state index contributed by atoms with van der Waals surface area (Å²) in [4.78, 5) is 27.7. The van der Waals surface area contributed by atoms with Crippen LogP contribution in [0.25, 0.3) is 0 Å². The fourth-order valence-electron chi connectivity index (χ4n) is 1.71. The minimum Gasteiger partial charge on any atom is -0.370 e. The van der Waals surface area contributed by atoms with Crippen LogP contribution < -0.4 is 11.1 Å². The van der Waals surface area contributed by atoms with Gasteiger partial charge in [-0.1, -0.05) is 35.6 Å². The number of aryl methyl sites for hydroxylation is 1. The number of aromatic nitrogens is 1. The van der Waals surface area contributed by atoms with Crippen LogP contribution in [0.4, 0.5) is 5.13 Å². The molecule has 20 heavy (non-hydrogen) atoms. The molecule has 0 radical (unpaired) electrons. The van der Waals surface area contributed by atoms with Gasteiger partial charge in [0.2, 0.25) is 11.7 Å². The molecular weight excluding hydrogens is 274 g/mol. The van der Waals surface area contributed by atoms with E-state index >= 15 is 0 Å². The van der Waals surface area contributed by atoms with E-state index in [1.807, 2.05) is 25.1 Å². The first-order valence-corrected chi connectivity index (χ1v) is 6.98. The Morgan fingerprint density at radius 2 is 2.10 bits per heavy atom. The van der Waals surface area contributed by atoms with Crippen molar-refractivity contribution in [3.05, 3.63) is 46.5 Å². The molecule has 1 amide bonds. The highest BCUT2D eigenvalue weighted by molar-refractivity contribution is 7.17. The summed E-state index contributed by atoms with van der Waals surface area (Å²) in [6.45, 7) is 2.32. The van der Waals surface area contributed by atoms with Crippen molar-refractivity contribution in [2.75, 3.05) is 11.9 Å². The van der Waals surface area contributed by atoms with Gasteiger partial charge in [-0.15, -0.1) is 0 Å². The third-order valence-corrected chi connectivity index (χ3v) is 3.72. The van der Waals surface area contributed by atoms with Crippen LogP contribution in [0.3, 0.4) is 0 Å². The fraction of sp³-hybridized carbons (Fsp3) is 0.214. The largest absolute Gasteiger partial charge is 0.370 e. The lowest BCUT2D eigenvalue weighted by atomic mass is 10.0. The summed E-state index contributed by atoms with van der Waals surface area (Å²) in [6.07, 6.45) is 1.78. The molecule has 6 heteroatoms. The van der Waals surface area contributed by atoms with Gasteiger partial charge in [-0.3, -0.25) is 9.59 Å². The summed E-state index contributed by atoms with van der Waals surface area (Å²) in [5.74, 6) is -0.409. The van der Waals surface area contributed by atoms with E-state index in [1.165, 1.54) is 11.3 Å². The predicted molar refractivity (Wildman–Crippen MR) is 79.0 cm³/mol. The molecule has 104 valence electrons. The van der Waals surface area contributed by atoms with Gasteiger partial charge in [0.25, 0.3) is 0 Å². The maximum Gasteiger partial charge on any atom is 0.219 e. The first-order valence-electron chi connectivity index (χ1n) is 6.16. The number of amides is 1. The normalized spacial score (nSPS) is 10.2. The Kier molecular flexibility index (Phi) is 4.47. The molecule has 0 aliphatic heterocycles. The third kappa shape index (κ3) is 3.42. The van der Waals surface area contributed by atoms with E-state index in [0.717, 1.165) is 5.56 Å². The molecule has 2 aromatic rings. The standard InChI is InChI=1S/C14H15N3O2S/c1-9-4-2-3-5-10(9)13(19)11-8-17-14(20-11)16-7-6-12(15)18/h2-5,8H,6-7H2,1H3,(H2,15,18)(H,16,17). The number of carbonyl (C=O) groups is 2. The van der Waals surface area contributed by atoms with Crippen LogP contribution >= 0.6 is 11.3 Å². The molecular formula is C14H15N3O2S. The van der Waals surface area contributed by atoms with E-state index in [2.05, 4.69) is 10.3 Å². The Morgan fingerprint density at radius 3 is 2.80 bits per heavy atom. The van der Waals surface area contributed by atoms with Crippen molar-refractivity contribution in [2.24, 2.45) is 5.73 Å². The lowest BCUT2D eigenvalue weighted by molar-refractivity contribution is -0.117. The highest BCUT2D eigenvalue weighted by atomic mass is 32.1. The van der Waals surface area contributed by atoms with E-state index < -0.39 is 0 Å². The van der Waals surface area contributed by atoms with Gasteiger partial charge in [0.05, 0.1) is 11.1 Å². The van der Waals surface area contributed by atoms with Crippen molar-refractivity contribution < 1.29 is 9.59 Å². The molecule has 0 spiro atoms. The molecule has 0 aliphatic rings. The Hall–Kier alpha value is -2.21. The number of nitrogens with zero attached hydrogens (tertiary/aromatic N) is 1. The summed E-state index contributed by atoms with van der Waals surface area (Å²) in [5, 5.41) is 3.59. The molecule has 5 nitrogen and oxygen atoms in total. The van der Waals surface area contributed by atoms with Crippen LogP contribution in [0.2, 0.25) is 0 Å². The summed E-state index contributed by atoms with van der Waals surface area (Å²) in [5.41, 5.74) is 6.67. The molecule has 1 aromatic carbocycles. The van der Waals surface area contributed by atoms with Crippen LogP contribution in [-0.4, -0.2) is 23.2 Å². The van der Waals surface area contributed by atoms with Crippen LogP contribution in [-0.2, 0) is 4.79 Å². The lowest BCUT2D eigenvalue weighted by Crippen LogP contribution is -2.15. The van der Waals surface area contributed by atoms with E-state index in [1.54, 1.807) is 12.3 Å². The summed E-state index contributed by atoms with van der Waals surface area (Å²) >= 11 is 1.27. The van der Waals surface area contributed by atoms with Crippen LogP contribution in [0.5, 0.6) is 0 Å². The number of benzene rings is 1. The second-order valence-corrected chi connectivity index (χ2v) is 5.35. The van der Waals surface area contributed by atoms with Gasteiger partial charge in [0.1, 0.15) is 0 Å². The number of anilines is 1. The van der Waals surface area contributed by atoms with Gasteiger partial charge in [0, 0.05) is 18.5 Å². The van der Waals surface area contributed by atoms with Gasteiger partial charge in [-0.05, 0) is 12.5 Å². The summed E-state index contributed by atoms with van der Waals surface area (Å²) < 4.78 is 0. The first-order chi connectivity index (χ1) is 9.58. The molecule has 0 unspecified atom stereocenters. The van der Waals surface area contributed by atoms with E-state index in [9.17, 15) is 9.59 Å². The van der Waals surface area contributed by atoms with Crippen molar-refractivity contribution in [3.8, 4) is 0 Å². The molecule has 3 N–H and O–H groups in total. The zero-order chi connectivity index (χ0) is 14.5. The molecule has 1 heterocycles. The van der Waals surface area contributed by atoms with Crippen LogP contribution in [0, 0.1) is 6.92 Å². The fourth-order valence-corrected chi connectivity index (χ4v) is 2.51. The zero-order valence-corrected chi connectivity index (χ0v) is 11.9. The SMILES string of the molecule is Cc1ccccc1C(=O)c1cnc(NCCC(N)=O)s1. The first kappa shape index (κ1) is 14.2. The Morgan fingerprint density at radius 1 is 1.35 bits per heavy atom. The average Bonchev–Trinajstić information content (AvgIpc) is 2.87. The second kappa shape index (κ2) is 6.29. The quantitative estimate of drug-likeness (QED) is 0.796. The molecule has 0 fully saturated rings. The van der Waals surface area contributed by atoms with Crippen LogP contribution in [0.1, 0.15) is 27.2 Å². The topological polar surface area (TPSA) is 85.1 Å². The number of nitrogens with one attached hydrogen (secondary N) is 1. The highest BCUT2D eigenvalue weighted by Crippen LogP contribution is 2.22. The number of thiazole rings is 1. The minimum atomic E-state index is -0.370. The average molecular weight is 289 g/mol. The Bertz CT molecular complexity index is 637. The molecule has 0 aliphatic carbocycles. The van der Waals surface area contributed by atoms with Crippen molar-refractivity contribution in [3.63, 3.8) is 0 Å². The highest BCUT2D eigenvalue weighted by Gasteiger charge is 2.14. The minimum absolute atomic E-state index is 0.0384. The maximum atomic E-state index is 12.3. The van der Waals surface area contributed by atoms with E-state index in [4.69, 9.17) is 5.73 Å². The lowest BCUT2D eigenvalue weighted by Gasteiger charge is -2.01. The van der Waals surface area contributed by atoms with E-state index in [0.29, 0.717) is 22.1 Å². The number of carbonyl (C=O) groups excluding carboxylic acids is 2. The van der Waals surface area contributed by atoms with Gasteiger partial charge < -0.3 is 11.1 Å². The van der Waals surface area contributed by atoms with E-state index in [-0.39, 0.29) is 18.1 Å². The van der Waals surface area contributed by atoms with Gasteiger partial charge in [0.15, 0.2) is 5.13 Å². The van der Waals surface area contributed by atoms with Crippen molar-refractivity contribution >= 4 is 28.2 Å². The third-order valence-electron chi connectivity index (χ3n) is 2.77. The number of hydrogen-bond donors (Lipinski definition) is 2. The zero-order valence-electron chi connectivity index (χ0n) is 11.1.